The van der Waals surface area contributed by atoms with Gasteiger partial charge < -0.3 is 14.2 Å². The molecule has 0 heterocycles. The Balaban J connectivity index is 4.19. The molecule has 1 unspecified atom stereocenters. The second kappa shape index (κ2) is 71.3. The summed E-state index contributed by atoms with van der Waals surface area (Å²) >= 11 is 0. The lowest BCUT2D eigenvalue weighted by Crippen LogP contribution is -2.30. The van der Waals surface area contributed by atoms with Crippen molar-refractivity contribution in [1.82, 2.24) is 0 Å². The van der Waals surface area contributed by atoms with Gasteiger partial charge in [-0.2, -0.15) is 0 Å². The van der Waals surface area contributed by atoms with E-state index in [1.165, 1.54) is 257 Å². The van der Waals surface area contributed by atoms with E-state index in [4.69, 9.17) is 14.2 Å². The van der Waals surface area contributed by atoms with Crippen LogP contribution in [0.4, 0.5) is 0 Å². The number of allylic oxidation sites excluding steroid dienone is 12. The zero-order valence-corrected chi connectivity index (χ0v) is 55.5. The summed E-state index contributed by atoms with van der Waals surface area (Å²) in [4.78, 5) is 38.4. The number of ether oxygens (including phenoxy) is 3. The summed E-state index contributed by atoms with van der Waals surface area (Å²) in [6.07, 6.45) is 93.9. The molecular formula is C77H138O6. The fraction of sp³-hybridized carbons (Fsp3) is 0.805. The summed E-state index contributed by atoms with van der Waals surface area (Å²) in [5, 5.41) is 0. The first-order valence-corrected chi connectivity index (χ1v) is 36.4. The molecule has 0 spiro atoms. The highest BCUT2D eigenvalue weighted by atomic mass is 16.6. The molecule has 0 saturated carbocycles. The van der Waals surface area contributed by atoms with E-state index in [1.54, 1.807) is 0 Å². The molecule has 0 aliphatic heterocycles. The third kappa shape index (κ3) is 69.5. The predicted octanol–water partition coefficient (Wildman–Crippen LogP) is 25.2. The van der Waals surface area contributed by atoms with Crippen LogP contribution in [0, 0.1) is 0 Å². The molecule has 0 rings (SSSR count). The van der Waals surface area contributed by atoms with Crippen LogP contribution in [0.2, 0.25) is 0 Å². The van der Waals surface area contributed by atoms with E-state index in [2.05, 4.69) is 93.7 Å². The topological polar surface area (TPSA) is 78.9 Å². The number of hydrogen-bond acceptors (Lipinski definition) is 6. The van der Waals surface area contributed by atoms with Gasteiger partial charge in [-0.25, -0.2) is 0 Å². The number of rotatable bonds is 67. The number of carbonyl (C=O) groups is 3. The molecule has 1 atom stereocenters. The van der Waals surface area contributed by atoms with Gasteiger partial charge in [-0.1, -0.05) is 351 Å². The molecular weight excluding hydrogens is 1020 g/mol. The lowest BCUT2D eigenvalue weighted by molar-refractivity contribution is -0.167. The van der Waals surface area contributed by atoms with Crippen molar-refractivity contribution in [1.29, 1.82) is 0 Å². The van der Waals surface area contributed by atoms with E-state index in [9.17, 15) is 14.4 Å². The van der Waals surface area contributed by atoms with E-state index in [0.717, 1.165) is 77.0 Å². The van der Waals surface area contributed by atoms with Crippen LogP contribution in [0.25, 0.3) is 0 Å². The fourth-order valence-electron chi connectivity index (χ4n) is 10.8. The molecule has 0 bridgehead atoms. The van der Waals surface area contributed by atoms with Gasteiger partial charge in [0.05, 0.1) is 0 Å². The smallest absolute Gasteiger partial charge is 0.306 e. The van der Waals surface area contributed by atoms with Gasteiger partial charge in [0.25, 0.3) is 0 Å². The number of carbonyl (C=O) groups excluding carboxylic acids is 3. The van der Waals surface area contributed by atoms with Crippen LogP contribution in [0.3, 0.4) is 0 Å². The Labute approximate surface area is 516 Å². The summed E-state index contributed by atoms with van der Waals surface area (Å²) in [7, 11) is 0. The lowest BCUT2D eigenvalue weighted by atomic mass is 10.0. The largest absolute Gasteiger partial charge is 0.462 e. The molecule has 482 valence electrons. The van der Waals surface area contributed by atoms with Crippen LogP contribution in [0.5, 0.6) is 0 Å². The highest BCUT2D eigenvalue weighted by Crippen LogP contribution is 2.18. The van der Waals surface area contributed by atoms with E-state index in [-0.39, 0.29) is 37.5 Å². The highest BCUT2D eigenvalue weighted by Gasteiger charge is 2.19. The Morgan fingerprint density at radius 1 is 0.253 bits per heavy atom. The molecule has 83 heavy (non-hydrogen) atoms. The minimum Gasteiger partial charge on any atom is -0.462 e. The highest BCUT2D eigenvalue weighted by molar-refractivity contribution is 5.71. The van der Waals surface area contributed by atoms with Gasteiger partial charge in [0.2, 0.25) is 0 Å². The van der Waals surface area contributed by atoms with E-state index >= 15 is 0 Å². The molecule has 0 radical (unpaired) electrons. The summed E-state index contributed by atoms with van der Waals surface area (Å²) < 4.78 is 16.9. The minimum absolute atomic E-state index is 0.0934. The molecule has 0 fully saturated rings. The Hall–Kier alpha value is -3.15. The number of esters is 3. The number of hydrogen-bond donors (Lipinski definition) is 0. The van der Waals surface area contributed by atoms with Crippen molar-refractivity contribution in [3.63, 3.8) is 0 Å². The maximum atomic E-state index is 12.9. The van der Waals surface area contributed by atoms with Gasteiger partial charge >= 0.3 is 17.9 Å². The normalized spacial score (nSPS) is 12.5. The Bertz CT molecular complexity index is 1520. The summed E-state index contributed by atoms with van der Waals surface area (Å²) in [5.74, 6) is -0.930. The van der Waals surface area contributed by atoms with E-state index in [1.807, 2.05) is 0 Å². The minimum atomic E-state index is -0.804. The fourth-order valence-corrected chi connectivity index (χ4v) is 10.8. The van der Waals surface area contributed by atoms with Crippen molar-refractivity contribution in [3.05, 3.63) is 72.9 Å². The first kappa shape index (κ1) is 79.8. The molecule has 0 saturated heterocycles. The molecule has 0 aliphatic carbocycles. The third-order valence-corrected chi connectivity index (χ3v) is 16.2. The molecule has 0 N–H and O–H groups in total. The monoisotopic (exact) mass is 1160 g/mol. The Kier molecular flexibility index (Phi) is 68.6. The zero-order valence-electron chi connectivity index (χ0n) is 55.5. The third-order valence-electron chi connectivity index (χ3n) is 16.2. The average Bonchev–Trinajstić information content (AvgIpc) is 3.49. The second-order valence-electron chi connectivity index (χ2n) is 24.5. The molecule has 0 amide bonds. The molecule has 6 heteroatoms. The SMILES string of the molecule is CC/C=C\C/C=C\C/C=C\C/C=C\C/C=C\CCCC(=O)OC(COC(=O)CCCCCCCCCCCCCCCCC)COC(=O)CCCCCCCCCCCCCCCCCCCCCCC/C=C\CCCCCCCCCC. The van der Waals surface area contributed by atoms with Crippen LogP contribution in [0.15, 0.2) is 72.9 Å². The maximum Gasteiger partial charge on any atom is 0.306 e. The summed E-state index contributed by atoms with van der Waals surface area (Å²) in [6, 6.07) is 0. The quantitative estimate of drug-likeness (QED) is 0.0261. The van der Waals surface area contributed by atoms with Gasteiger partial charge in [-0.05, 0) is 83.5 Å². The van der Waals surface area contributed by atoms with Gasteiger partial charge in [-0.3, -0.25) is 14.4 Å². The molecule has 0 aromatic heterocycles. The van der Waals surface area contributed by atoms with Gasteiger partial charge in [0.15, 0.2) is 6.10 Å². The van der Waals surface area contributed by atoms with Crippen LogP contribution >= 0.6 is 0 Å². The second-order valence-corrected chi connectivity index (χ2v) is 24.5. The number of unbranched alkanes of at least 4 members (excludes halogenated alkanes) is 44. The Morgan fingerprint density at radius 3 is 0.783 bits per heavy atom. The van der Waals surface area contributed by atoms with Crippen molar-refractivity contribution in [2.75, 3.05) is 13.2 Å². The van der Waals surface area contributed by atoms with Crippen molar-refractivity contribution < 1.29 is 28.6 Å². The predicted molar refractivity (Wildman–Crippen MR) is 362 cm³/mol. The van der Waals surface area contributed by atoms with Gasteiger partial charge in [0, 0.05) is 19.3 Å². The van der Waals surface area contributed by atoms with Crippen molar-refractivity contribution in [2.24, 2.45) is 0 Å². The molecule has 0 aromatic carbocycles. The first-order valence-electron chi connectivity index (χ1n) is 36.4. The van der Waals surface area contributed by atoms with Crippen LogP contribution in [-0.2, 0) is 28.6 Å². The van der Waals surface area contributed by atoms with Crippen LogP contribution in [0.1, 0.15) is 380 Å². The van der Waals surface area contributed by atoms with Gasteiger partial charge in [-0.15, -0.1) is 0 Å². The van der Waals surface area contributed by atoms with Crippen LogP contribution in [-0.4, -0.2) is 37.2 Å². The molecule has 6 nitrogen and oxygen atoms in total. The van der Waals surface area contributed by atoms with Crippen molar-refractivity contribution in [2.45, 2.75) is 386 Å². The lowest BCUT2D eigenvalue weighted by Gasteiger charge is -2.18. The molecule has 0 aliphatic rings. The van der Waals surface area contributed by atoms with Crippen LogP contribution < -0.4 is 0 Å². The van der Waals surface area contributed by atoms with Crippen molar-refractivity contribution in [3.8, 4) is 0 Å². The van der Waals surface area contributed by atoms with E-state index in [0.29, 0.717) is 19.3 Å². The van der Waals surface area contributed by atoms with Gasteiger partial charge in [0.1, 0.15) is 13.2 Å². The zero-order chi connectivity index (χ0) is 59.9. The standard InChI is InChI=1S/C77H138O6/c1-4-7-10-13-16-19-22-25-28-30-31-32-33-34-35-36-37-38-39-40-41-42-43-44-45-47-49-52-55-58-61-64-67-70-76(79)82-73-74(72-81-75(78)69-66-63-60-57-54-51-48-27-24-21-18-15-12-9-6-3)83-77(80)71-68-65-62-59-56-53-50-46-29-26-23-20-17-14-11-8-5-2/h8,11,17,20,26,29-31,50,53,59,62,74H,4-7,9-10,12-16,18-19,21-25,27-28,32-49,51-52,54-58,60-61,63-73H2,1-3H3/b11-8-,20-17-,29-26-,31-30-,53-50-,62-59-. The maximum absolute atomic E-state index is 12.9. The van der Waals surface area contributed by atoms with Crippen molar-refractivity contribution >= 4 is 17.9 Å². The Morgan fingerprint density at radius 2 is 0.482 bits per heavy atom. The molecule has 0 aromatic rings. The van der Waals surface area contributed by atoms with E-state index < -0.39 is 6.10 Å². The average molecular weight is 1160 g/mol. The first-order chi connectivity index (χ1) is 41.0. The summed E-state index contributed by atoms with van der Waals surface area (Å²) in [6.45, 7) is 6.54. The summed E-state index contributed by atoms with van der Waals surface area (Å²) in [5.41, 5.74) is 0.